The van der Waals surface area contributed by atoms with E-state index in [9.17, 15) is 0 Å². The molecule has 0 saturated carbocycles. The molecule has 2 N–H and O–H groups in total. The molecule has 5 heteroatoms. The number of phenols is 1. The van der Waals surface area contributed by atoms with E-state index in [1.54, 1.807) is 29.8 Å². The number of aromatic hydroxyl groups is 2. The van der Waals surface area contributed by atoms with E-state index >= 15 is 0 Å². The first-order valence-electron chi connectivity index (χ1n) is 4.33. The molecule has 78 valence electrons. The van der Waals surface area contributed by atoms with E-state index in [4.69, 9.17) is 14.9 Å². The molecule has 0 unspecified atom stereocenters. The van der Waals surface area contributed by atoms with E-state index in [2.05, 4.69) is 4.98 Å². The third-order valence-corrected chi connectivity index (χ3v) is 1.80. The lowest BCUT2D eigenvalue weighted by atomic mass is 10.3. The van der Waals surface area contributed by atoms with Crippen LogP contribution in [0.1, 0.15) is 0 Å². The molecule has 0 bridgehead atoms. The molecule has 0 amide bonds. The Bertz CT molecular complexity index is 462. The maximum Gasteiger partial charge on any atom is 0.229 e. The number of rotatable bonds is 0. The van der Waals surface area contributed by atoms with Gasteiger partial charge in [0.1, 0.15) is 5.75 Å². The molecule has 1 aliphatic rings. The Hall–Kier alpha value is -2.17. The predicted molar refractivity (Wildman–Crippen MR) is 53.1 cm³/mol. The number of nitrogens with zero attached hydrogens (tertiary/aromatic N) is 2. The van der Waals surface area contributed by atoms with Crippen LogP contribution in [0, 0.1) is 0 Å². The van der Waals surface area contributed by atoms with Crippen LogP contribution in [0.4, 0.5) is 0 Å². The highest BCUT2D eigenvalue weighted by atomic mass is 16.6. The third-order valence-electron chi connectivity index (χ3n) is 1.80. The molecule has 5 nitrogen and oxygen atoms in total. The number of benzene rings is 1. The highest BCUT2D eigenvalue weighted by Crippen LogP contribution is 2.46. The van der Waals surface area contributed by atoms with Crippen LogP contribution in [0.5, 0.6) is 23.1 Å². The molecule has 0 fully saturated rings. The summed E-state index contributed by atoms with van der Waals surface area (Å²) >= 11 is 0. The fourth-order valence-corrected chi connectivity index (χ4v) is 1.05. The average Bonchev–Trinajstić information content (AvgIpc) is 2.85. The number of hydrogen-bond acceptors (Lipinski definition) is 4. The predicted octanol–water partition coefficient (Wildman–Crippen LogP) is 1.62. The van der Waals surface area contributed by atoms with Crippen LogP contribution < -0.4 is 4.74 Å². The maximum atomic E-state index is 8.77. The first-order chi connectivity index (χ1) is 7.15. The van der Waals surface area contributed by atoms with Gasteiger partial charge in [-0.2, -0.15) is 0 Å². The zero-order valence-electron chi connectivity index (χ0n) is 8.08. The zero-order valence-corrected chi connectivity index (χ0v) is 8.08. The van der Waals surface area contributed by atoms with E-state index in [-0.39, 0.29) is 11.6 Å². The van der Waals surface area contributed by atoms with Gasteiger partial charge in [0.05, 0.1) is 12.5 Å². The van der Waals surface area contributed by atoms with Gasteiger partial charge in [-0.15, -0.1) is 0 Å². The fourth-order valence-electron chi connectivity index (χ4n) is 1.05. The standard InChI is InChI=1S/C6H4O2.C4H6N2O/c7-4-1-2-5-6(3-4)8-5;1-6-2-4(7)5-3-6/h1-3,7H;2-3,7H,1H3. The van der Waals surface area contributed by atoms with E-state index in [0.717, 1.165) is 11.5 Å². The minimum atomic E-state index is 0.0718. The lowest BCUT2D eigenvalue weighted by Crippen LogP contribution is -1.76. The maximum absolute atomic E-state index is 8.77. The Kier molecular flexibility index (Phi) is 2.21. The molecular weight excluding hydrogens is 196 g/mol. The van der Waals surface area contributed by atoms with Crippen molar-refractivity contribution in [1.82, 2.24) is 9.55 Å². The van der Waals surface area contributed by atoms with Crippen molar-refractivity contribution in [2.75, 3.05) is 0 Å². The molecule has 0 saturated heterocycles. The first kappa shape index (κ1) is 9.39. The van der Waals surface area contributed by atoms with Crippen molar-refractivity contribution in [2.45, 2.75) is 0 Å². The Morgan fingerprint density at radius 1 is 1.27 bits per heavy atom. The summed E-state index contributed by atoms with van der Waals surface area (Å²) in [6, 6.07) is 4.94. The molecule has 0 radical (unpaired) electrons. The number of fused-ring (bicyclic) bond motifs is 1. The van der Waals surface area contributed by atoms with Gasteiger partial charge in [0, 0.05) is 13.1 Å². The number of aromatic nitrogens is 2. The van der Waals surface area contributed by atoms with Crippen LogP contribution in [0.25, 0.3) is 0 Å². The van der Waals surface area contributed by atoms with Gasteiger partial charge in [-0.05, 0) is 12.1 Å². The highest BCUT2D eigenvalue weighted by Gasteiger charge is 2.18. The average molecular weight is 206 g/mol. The summed E-state index contributed by atoms with van der Waals surface area (Å²) in [6.07, 6.45) is 3.06. The molecule has 1 aromatic carbocycles. The molecule has 1 aromatic heterocycles. The molecule has 0 atom stereocenters. The van der Waals surface area contributed by atoms with Crippen LogP contribution in [0.15, 0.2) is 30.7 Å². The van der Waals surface area contributed by atoms with Crippen molar-refractivity contribution in [2.24, 2.45) is 7.05 Å². The van der Waals surface area contributed by atoms with Crippen LogP contribution in [0.2, 0.25) is 0 Å². The molecule has 1 aliphatic heterocycles. The number of phenolic OH excluding ortho intramolecular Hbond substituents is 1. The van der Waals surface area contributed by atoms with E-state index in [1.165, 1.54) is 12.5 Å². The molecule has 0 aliphatic carbocycles. The number of imidazole rings is 1. The monoisotopic (exact) mass is 206 g/mol. The Morgan fingerprint density at radius 2 is 2.07 bits per heavy atom. The molecule has 0 spiro atoms. The van der Waals surface area contributed by atoms with Gasteiger partial charge >= 0.3 is 0 Å². The second kappa shape index (κ2) is 3.53. The zero-order chi connectivity index (χ0) is 10.8. The van der Waals surface area contributed by atoms with Crippen molar-refractivity contribution < 1.29 is 14.9 Å². The van der Waals surface area contributed by atoms with E-state index < -0.39 is 0 Å². The quantitative estimate of drug-likeness (QED) is 0.548. The lowest BCUT2D eigenvalue weighted by molar-refractivity contribution is 0.456. The first-order valence-corrected chi connectivity index (χ1v) is 4.33. The Morgan fingerprint density at radius 3 is 2.47 bits per heavy atom. The van der Waals surface area contributed by atoms with Crippen LogP contribution in [-0.2, 0) is 7.05 Å². The topological polar surface area (TPSA) is 70.8 Å². The summed E-state index contributed by atoms with van der Waals surface area (Å²) in [4.78, 5) is 3.53. The second-order valence-corrected chi connectivity index (χ2v) is 3.13. The van der Waals surface area contributed by atoms with Gasteiger partial charge in [0.2, 0.25) is 5.88 Å². The third kappa shape index (κ3) is 2.40. The second-order valence-electron chi connectivity index (χ2n) is 3.13. The fraction of sp³-hybridized carbons (Fsp3) is 0.100. The van der Waals surface area contributed by atoms with Crippen molar-refractivity contribution >= 4 is 0 Å². The van der Waals surface area contributed by atoms with E-state index in [1.807, 2.05) is 0 Å². The summed E-state index contributed by atoms with van der Waals surface area (Å²) in [6.45, 7) is 0. The van der Waals surface area contributed by atoms with Gasteiger partial charge < -0.3 is 19.5 Å². The molecule has 3 rings (SSSR count). The van der Waals surface area contributed by atoms with Gasteiger partial charge in [-0.25, -0.2) is 4.98 Å². The molecular formula is C10H10N2O3. The van der Waals surface area contributed by atoms with Gasteiger partial charge in [-0.3, -0.25) is 0 Å². The van der Waals surface area contributed by atoms with Crippen molar-refractivity contribution in [3.05, 3.63) is 30.7 Å². The van der Waals surface area contributed by atoms with Crippen molar-refractivity contribution in [3.8, 4) is 23.1 Å². The summed E-state index contributed by atoms with van der Waals surface area (Å²) in [5.74, 6) is 2.01. The van der Waals surface area contributed by atoms with Gasteiger partial charge in [-0.1, -0.05) is 0 Å². The SMILES string of the molecule is Cn1cnc(O)c1.Oc1ccc2c(c1)O2. The number of aryl methyl sites for hydroxylation is 1. The smallest absolute Gasteiger partial charge is 0.229 e. The van der Waals surface area contributed by atoms with Gasteiger partial charge in [0.25, 0.3) is 0 Å². The summed E-state index contributed by atoms with van der Waals surface area (Å²) in [5, 5.41) is 17.3. The Balaban J connectivity index is 0.000000115. The number of hydrogen-bond donors (Lipinski definition) is 2. The van der Waals surface area contributed by atoms with Gasteiger partial charge in [0.15, 0.2) is 11.5 Å². The van der Waals surface area contributed by atoms with Crippen LogP contribution in [-0.4, -0.2) is 19.8 Å². The summed E-state index contributed by atoms with van der Waals surface area (Å²) in [7, 11) is 1.80. The largest absolute Gasteiger partial charge is 0.508 e. The normalized spacial score (nSPS) is 10.7. The molecule has 2 aromatic rings. The summed E-state index contributed by atoms with van der Waals surface area (Å²) in [5.41, 5.74) is 0. The lowest BCUT2D eigenvalue weighted by Gasteiger charge is -1.78. The minimum Gasteiger partial charge on any atom is -0.508 e. The van der Waals surface area contributed by atoms with Crippen LogP contribution in [0.3, 0.4) is 0 Å². The summed E-state index contributed by atoms with van der Waals surface area (Å²) < 4.78 is 6.53. The highest BCUT2D eigenvalue weighted by molar-refractivity contribution is 5.56. The number of ether oxygens (including phenoxy) is 1. The van der Waals surface area contributed by atoms with Crippen LogP contribution >= 0.6 is 0 Å². The molecule has 2 heterocycles. The minimum absolute atomic E-state index is 0.0718. The van der Waals surface area contributed by atoms with Crippen molar-refractivity contribution in [1.29, 1.82) is 0 Å². The Labute approximate surface area is 86.2 Å². The molecule has 15 heavy (non-hydrogen) atoms. The van der Waals surface area contributed by atoms with Crippen molar-refractivity contribution in [3.63, 3.8) is 0 Å². The van der Waals surface area contributed by atoms with E-state index in [0.29, 0.717) is 0 Å².